The van der Waals surface area contributed by atoms with Crippen LogP contribution >= 0.6 is 10.5 Å². The second-order valence-electron chi connectivity index (χ2n) is 10.5. The number of hydrogen-bond donors (Lipinski definition) is 2. The molecule has 1 aromatic rings. The standard InChI is InChI=1S/C26H33N5O7S/c1-26(2,3)38-22(34)13-19(14-32)27-23(35)20-9-6-11-30-21(33)10-12-29(25(37)31(20)30)28-24(36)39-15-17-7-4-5-8-18(17)16-39/h4-5,7-8,14-15,19-20H,6,9-13,16H2,1-3H3,(H,27,35)(H,28,36)/t19-,20-,39?/m0/s1. The second-order valence-corrected chi connectivity index (χ2v) is 12.3. The highest BCUT2D eigenvalue weighted by Crippen LogP contribution is 2.31. The molecule has 1 unspecified atom stereocenters. The summed E-state index contributed by atoms with van der Waals surface area (Å²) in [6.45, 7) is 5.24. The summed E-state index contributed by atoms with van der Waals surface area (Å²) in [5.41, 5.74) is 3.92. The van der Waals surface area contributed by atoms with Crippen LogP contribution in [-0.2, 0) is 29.7 Å². The van der Waals surface area contributed by atoms with E-state index >= 15 is 0 Å². The van der Waals surface area contributed by atoms with Crippen molar-refractivity contribution in [2.24, 2.45) is 0 Å². The van der Waals surface area contributed by atoms with Gasteiger partial charge in [-0.3, -0.25) is 24.6 Å². The first-order valence-corrected chi connectivity index (χ1v) is 14.2. The number of benzene rings is 1. The molecule has 1 aromatic carbocycles. The summed E-state index contributed by atoms with van der Waals surface area (Å²) >= 11 is 0. The van der Waals surface area contributed by atoms with Crippen molar-refractivity contribution in [1.29, 1.82) is 0 Å². The number of fused-ring (bicyclic) bond motifs is 2. The van der Waals surface area contributed by atoms with Gasteiger partial charge in [0, 0.05) is 18.7 Å². The number of carbonyl (C=O) groups is 6. The van der Waals surface area contributed by atoms with Gasteiger partial charge in [0.15, 0.2) is 0 Å². The van der Waals surface area contributed by atoms with Crippen molar-refractivity contribution in [2.45, 2.75) is 69.9 Å². The van der Waals surface area contributed by atoms with E-state index in [1.807, 2.05) is 29.6 Å². The Morgan fingerprint density at radius 2 is 1.92 bits per heavy atom. The number of rotatable bonds is 6. The monoisotopic (exact) mass is 559 g/mol. The Bertz CT molecular complexity index is 1230. The molecule has 2 saturated heterocycles. The minimum absolute atomic E-state index is 0.0375. The third-order valence-corrected chi connectivity index (χ3v) is 8.10. The van der Waals surface area contributed by atoms with E-state index < -0.39 is 46.1 Å². The molecule has 0 saturated carbocycles. The summed E-state index contributed by atoms with van der Waals surface area (Å²) in [7, 11) is -0.797. The molecule has 0 aromatic heterocycles. The molecule has 3 heterocycles. The fourth-order valence-corrected chi connectivity index (χ4v) is 6.30. The third kappa shape index (κ3) is 6.64. The van der Waals surface area contributed by atoms with Gasteiger partial charge in [-0.15, -0.1) is 0 Å². The van der Waals surface area contributed by atoms with E-state index in [1.165, 1.54) is 5.01 Å². The van der Waals surface area contributed by atoms with Crippen molar-refractivity contribution in [2.75, 3.05) is 13.1 Å². The number of nitrogens with one attached hydrogen (secondary N) is 2. The van der Waals surface area contributed by atoms with Crippen molar-refractivity contribution < 1.29 is 33.5 Å². The van der Waals surface area contributed by atoms with Gasteiger partial charge in [0.1, 0.15) is 17.9 Å². The zero-order valence-corrected chi connectivity index (χ0v) is 23.0. The van der Waals surface area contributed by atoms with E-state index in [9.17, 15) is 28.8 Å². The van der Waals surface area contributed by atoms with Gasteiger partial charge in [-0.05, 0) is 50.1 Å². The third-order valence-electron chi connectivity index (χ3n) is 6.37. The first-order chi connectivity index (χ1) is 18.5. The summed E-state index contributed by atoms with van der Waals surface area (Å²) in [6.07, 6.45) is 0.702. The first-order valence-electron chi connectivity index (χ1n) is 12.8. The normalized spacial score (nSPS) is 21.7. The van der Waals surface area contributed by atoms with Crippen LogP contribution in [0, 0.1) is 0 Å². The van der Waals surface area contributed by atoms with Crippen LogP contribution in [0.5, 0.6) is 0 Å². The van der Waals surface area contributed by atoms with Crippen molar-refractivity contribution in [1.82, 2.24) is 25.8 Å². The number of carbonyl (C=O) groups excluding carboxylic acids is 6. The second kappa shape index (κ2) is 11.6. The highest BCUT2D eigenvalue weighted by atomic mass is 32.2. The van der Waals surface area contributed by atoms with Crippen LogP contribution in [0.2, 0.25) is 0 Å². The molecule has 3 aliphatic heterocycles. The lowest BCUT2D eigenvalue weighted by Crippen LogP contribution is -2.64. The Kier molecular flexibility index (Phi) is 8.38. The summed E-state index contributed by atoms with van der Waals surface area (Å²) < 4.78 is 5.23. The molecule has 39 heavy (non-hydrogen) atoms. The molecular formula is C26H33N5O7S. The quantitative estimate of drug-likeness (QED) is 0.306. The van der Waals surface area contributed by atoms with Gasteiger partial charge >= 0.3 is 12.0 Å². The maximum absolute atomic E-state index is 13.6. The maximum atomic E-state index is 13.6. The number of esters is 1. The van der Waals surface area contributed by atoms with E-state index in [1.54, 1.807) is 20.8 Å². The number of ether oxygens (including phenoxy) is 1. The van der Waals surface area contributed by atoms with Crippen LogP contribution in [0.15, 0.2) is 24.3 Å². The molecule has 0 spiro atoms. The number of nitrogens with zero attached hydrogens (tertiary/aromatic N) is 3. The lowest BCUT2D eigenvalue weighted by molar-refractivity contribution is -0.156. The summed E-state index contributed by atoms with van der Waals surface area (Å²) in [6, 6.07) is 4.67. The molecule has 2 fully saturated rings. The predicted octanol–water partition coefficient (Wildman–Crippen LogP) is 1.69. The molecular weight excluding hydrogens is 526 g/mol. The Morgan fingerprint density at radius 1 is 1.18 bits per heavy atom. The molecule has 3 aliphatic rings. The van der Waals surface area contributed by atoms with Crippen LogP contribution in [0.3, 0.4) is 0 Å². The van der Waals surface area contributed by atoms with Gasteiger partial charge in [0.25, 0.3) is 5.24 Å². The largest absolute Gasteiger partial charge is 0.460 e. The molecule has 2 N–H and O–H groups in total. The lowest BCUT2D eigenvalue weighted by atomic mass is 10.1. The zero-order chi connectivity index (χ0) is 28.3. The van der Waals surface area contributed by atoms with Gasteiger partial charge in [0.05, 0.1) is 19.0 Å². The number of amides is 5. The number of hydrogen-bond acceptors (Lipinski definition) is 7. The Labute approximate surface area is 228 Å². The lowest BCUT2D eigenvalue weighted by Gasteiger charge is -2.43. The van der Waals surface area contributed by atoms with Gasteiger partial charge in [-0.1, -0.05) is 34.7 Å². The Morgan fingerprint density at radius 3 is 2.62 bits per heavy atom. The van der Waals surface area contributed by atoms with Crippen LogP contribution in [0.4, 0.5) is 9.59 Å². The number of urea groups is 1. The molecule has 0 radical (unpaired) electrons. The minimum atomic E-state index is -1.17. The van der Waals surface area contributed by atoms with Crippen LogP contribution in [0.1, 0.15) is 57.6 Å². The van der Waals surface area contributed by atoms with Gasteiger partial charge in [0.2, 0.25) is 11.8 Å². The molecule has 4 rings (SSSR count). The fourth-order valence-electron chi connectivity index (χ4n) is 4.62. The Hall–Kier alpha value is -3.74. The summed E-state index contributed by atoms with van der Waals surface area (Å²) in [4.78, 5) is 76.7. The average Bonchev–Trinajstić information content (AvgIpc) is 3.28. The van der Waals surface area contributed by atoms with Gasteiger partial charge in [-0.25, -0.2) is 19.8 Å². The number of hydrazine groups is 2. The first kappa shape index (κ1) is 28.3. The van der Waals surface area contributed by atoms with Gasteiger partial charge in [-0.2, -0.15) is 0 Å². The highest BCUT2D eigenvalue weighted by Gasteiger charge is 2.44. The zero-order valence-electron chi connectivity index (χ0n) is 22.2. The van der Waals surface area contributed by atoms with E-state index in [-0.39, 0.29) is 43.5 Å². The molecule has 5 amide bonds. The molecule has 210 valence electrons. The van der Waals surface area contributed by atoms with E-state index in [0.717, 1.165) is 21.1 Å². The van der Waals surface area contributed by atoms with E-state index in [2.05, 4.69) is 10.7 Å². The minimum Gasteiger partial charge on any atom is -0.460 e. The van der Waals surface area contributed by atoms with Gasteiger partial charge < -0.3 is 14.8 Å². The number of aldehydes is 1. The molecule has 0 aliphatic carbocycles. The highest BCUT2D eigenvalue weighted by molar-refractivity contribution is 8.27. The molecule has 13 heteroatoms. The van der Waals surface area contributed by atoms with Crippen molar-refractivity contribution in [3.05, 3.63) is 35.4 Å². The van der Waals surface area contributed by atoms with E-state index in [0.29, 0.717) is 18.5 Å². The Balaban J connectivity index is 1.47. The van der Waals surface area contributed by atoms with Crippen molar-refractivity contribution in [3.8, 4) is 0 Å². The SMILES string of the molecule is CC(C)(C)OC(=O)C[C@@H](C=O)NC(=O)[C@@H]1CCCN2C(=O)CCN(NC(=O)S3=Cc4ccccc4C3)C(=O)N12. The average molecular weight is 560 g/mol. The maximum Gasteiger partial charge on any atom is 0.358 e. The van der Waals surface area contributed by atoms with E-state index in [4.69, 9.17) is 4.74 Å². The topological polar surface area (TPSA) is 145 Å². The smallest absolute Gasteiger partial charge is 0.358 e. The summed E-state index contributed by atoms with van der Waals surface area (Å²) in [5.74, 6) is -1.18. The van der Waals surface area contributed by atoms with Crippen molar-refractivity contribution in [3.63, 3.8) is 0 Å². The molecule has 3 atom stereocenters. The van der Waals surface area contributed by atoms with Crippen molar-refractivity contribution >= 4 is 51.2 Å². The predicted molar refractivity (Wildman–Crippen MR) is 143 cm³/mol. The molecule has 0 bridgehead atoms. The van der Waals surface area contributed by atoms with Crippen LogP contribution < -0.4 is 10.7 Å². The van der Waals surface area contributed by atoms with Crippen LogP contribution in [-0.4, -0.2) is 86.5 Å². The van der Waals surface area contributed by atoms with Crippen LogP contribution in [0.25, 0.3) is 0 Å². The summed E-state index contributed by atoms with van der Waals surface area (Å²) in [5, 5.41) is 7.37. The fraction of sp³-hybridized carbons (Fsp3) is 0.500. The molecule has 12 nitrogen and oxygen atoms in total.